The van der Waals surface area contributed by atoms with E-state index in [1.54, 1.807) is 30.3 Å². The molecule has 2 amide bonds. The van der Waals surface area contributed by atoms with Gasteiger partial charge in [0.1, 0.15) is 23.5 Å². The Balaban J connectivity index is 1.80. The number of hydrogen-bond acceptors (Lipinski definition) is 4. The number of urea groups is 1. The molecule has 0 saturated carbocycles. The predicted molar refractivity (Wildman–Crippen MR) is 109 cm³/mol. The van der Waals surface area contributed by atoms with E-state index >= 15 is 0 Å². The molecule has 3 N–H and O–H groups in total. The van der Waals surface area contributed by atoms with E-state index in [9.17, 15) is 27.9 Å². The molecule has 0 bridgehead atoms. The first-order valence-electron chi connectivity index (χ1n) is 9.43. The average Bonchev–Trinajstić information content (AvgIpc) is 3.23. The van der Waals surface area contributed by atoms with E-state index in [4.69, 9.17) is 16.0 Å². The lowest BCUT2D eigenvalue weighted by Gasteiger charge is -2.44. The van der Waals surface area contributed by atoms with Crippen molar-refractivity contribution in [3.63, 3.8) is 0 Å². The largest absolute Gasteiger partial charge is 0.459 e. The minimum Gasteiger partial charge on any atom is -0.459 e. The predicted octanol–water partition coefficient (Wildman–Crippen LogP) is 4.70. The lowest BCUT2D eigenvalue weighted by Crippen LogP contribution is -2.72. The number of carbonyl (C=O) groups excluding carboxylic acids is 2. The van der Waals surface area contributed by atoms with Crippen molar-refractivity contribution in [3.05, 3.63) is 83.1 Å². The normalized spacial score (nSPS) is 23.3. The molecule has 1 aliphatic heterocycles. The Morgan fingerprint density at radius 3 is 2.31 bits per heavy atom. The van der Waals surface area contributed by atoms with Gasteiger partial charge in [0.05, 0.1) is 0 Å². The molecule has 1 fully saturated rings. The monoisotopic (exact) mass is 464 g/mol. The Hall–Kier alpha value is -3.30. The van der Waals surface area contributed by atoms with E-state index in [2.05, 4.69) is 5.32 Å². The van der Waals surface area contributed by atoms with Crippen molar-refractivity contribution in [3.8, 4) is 11.3 Å². The summed E-state index contributed by atoms with van der Waals surface area (Å²) in [6.07, 6.45) is -5.34. The summed E-state index contributed by atoms with van der Waals surface area (Å²) in [4.78, 5) is 25.2. The van der Waals surface area contributed by atoms with Gasteiger partial charge < -0.3 is 20.2 Å². The number of alkyl halides is 3. The molecule has 32 heavy (non-hydrogen) atoms. The molecule has 1 saturated heterocycles. The molecular formula is C22H16ClF3N2O4. The molecule has 10 heteroatoms. The third-order valence-electron chi connectivity index (χ3n) is 5.21. The second kappa shape index (κ2) is 7.99. The Morgan fingerprint density at radius 1 is 1.03 bits per heavy atom. The molecule has 0 unspecified atom stereocenters. The van der Waals surface area contributed by atoms with Crippen LogP contribution in [0.4, 0.5) is 18.0 Å². The summed E-state index contributed by atoms with van der Waals surface area (Å²) in [5.41, 5.74) is -3.30. The van der Waals surface area contributed by atoms with Gasteiger partial charge in [-0.3, -0.25) is 4.79 Å². The topological polar surface area (TPSA) is 91.6 Å². The molecule has 2 heterocycles. The molecule has 2 aromatic carbocycles. The summed E-state index contributed by atoms with van der Waals surface area (Å²) in [6, 6.07) is 13.7. The SMILES string of the molecule is O=C1N[C@H](c2ccc(-c3ccc(Cl)cc3)o2)[C@H](C(=O)c2ccccc2)[C@](O)(C(F)(F)F)N1. The number of rotatable bonds is 4. The molecule has 1 aromatic heterocycles. The molecular weight excluding hydrogens is 449 g/mol. The highest BCUT2D eigenvalue weighted by Crippen LogP contribution is 2.44. The van der Waals surface area contributed by atoms with Crippen molar-refractivity contribution in [2.45, 2.75) is 17.9 Å². The lowest BCUT2D eigenvalue weighted by molar-refractivity contribution is -0.288. The number of halogens is 4. The number of amides is 2. The van der Waals surface area contributed by atoms with Crippen LogP contribution in [0.5, 0.6) is 0 Å². The first-order chi connectivity index (χ1) is 15.1. The lowest BCUT2D eigenvalue weighted by atomic mass is 9.79. The molecule has 1 aliphatic rings. The maximum Gasteiger partial charge on any atom is 0.437 e. The maximum absolute atomic E-state index is 13.9. The first kappa shape index (κ1) is 21.9. The van der Waals surface area contributed by atoms with Crippen LogP contribution in [0.15, 0.2) is 71.1 Å². The second-order valence-corrected chi connectivity index (χ2v) is 7.69. The van der Waals surface area contributed by atoms with Gasteiger partial charge in [0.25, 0.3) is 0 Å². The van der Waals surface area contributed by atoms with Crippen LogP contribution in [0, 0.1) is 5.92 Å². The van der Waals surface area contributed by atoms with Gasteiger partial charge in [0, 0.05) is 16.1 Å². The highest BCUT2D eigenvalue weighted by atomic mass is 35.5. The smallest absolute Gasteiger partial charge is 0.437 e. The van der Waals surface area contributed by atoms with Crippen LogP contribution in [-0.2, 0) is 0 Å². The summed E-state index contributed by atoms with van der Waals surface area (Å²) >= 11 is 5.87. The Labute approximate surface area is 185 Å². The number of aliphatic hydroxyl groups is 1. The van der Waals surface area contributed by atoms with Crippen LogP contribution >= 0.6 is 11.6 Å². The summed E-state index contributed by atoms with van der Waals surface area (Å²) in [6.45, 7) is 0. The third-order valence-corrected chi connectivity index (χ3v) is 5.46. The minimum atomic E-state index is -5.34. The number of benzene rings is 2. The van der Waals surface area contributed by atoms with E-state index in [1.807, 2.05) is 0 Å². The highest BCUT2D eigenvalue weighted by molar-refractivity contribution is 6.30. The number of carbonyl (C=O) groups is 2. The number of furan rings is 1. The van der Waals surface area contributed by atoms with Crippen molar-refractivity contribution < 1.29 is 32.3 Å². The summed E-state index contributed by atoms with van der Waals surface area (Å²) < 4.78 is 47.5. The zero-order valence-corrected chi connectivity index (χ0v) is 16.9. The van der Waals surface area contributed by atoms with Crippen molar-refractivity contribution >= 4 is 23.4 Å². The van der Waals surface area contributed by atoms with Crippen LogP contribution in [0.3, 0.4) is 0 Å². The van der Waals surface area contributed by atoms with Gasteiger partial charge >= 0.3 is 12.2 Å². The van der Waals surface area contributed by atoms with Crippen molar-refractivity contribution in [2.75, 3.05) is 0 Å². The first-order valence-corrected chi connectivity index (χ1v) is 9.80. The zero-order valence-electron chi connectivity index (χ0n) is 16.2. The van der Waals surface area contributed by atoms with Crippen LogP contribution in [0.1, 0.15) is 22.2 Å². The van der Waals surface area contributed by atoms with Crippen molar-refractivity contribution in [1.82, 2.24) is 10.6 Å². The summed E-state index contributed by atoms with van der Waals surface area (Å²) in [5.74, 6) is -3.02. The third kappa shape index (κ3) is 3.85. The molecule has 0 aliphatic carbocycles. The molecule has 4 rings (SSSR count). The number of ketones is 1. The fourth-order valence-corrected chi connectivity index (χ4v) is 3.77. The van der Waals surface area contributed by atoms with Gasteiger partial charge in [0.15, 0.2) is 5.78 Å². The van der Waals surface area contributed by atoms with E-state index in [-0.39, 0.29) is 17.1 Å². The molecule has 6 nitrogen and oxygen atoms in total. The van der Waals surface area contributed by atoms with E-state index in [0.717, 1.165) is 0 Å². The van der Waals surface area contributed by atoms with E-state index in [1.165, 1.54) is 41.7 Å². The van der Waals surface area contributed by atoms with Gasteiger partial charge in [-0.05, 0) is 36.4 Å². The van der Waals surface area contributed by atoms with Crippen LogP contribution in [0.2, 0.25) is 5.02 Å². The average molecular weight is 465 g/mol. The zero-order chi connectivity index (χ0) is 23.1. The molecule has 3 aromatic rings. The Bertz CT molecular complexity index is 1150. The van der Waals surface area contributed by atoms with E-state index in [0.29, 0.717) is 10.6 Å². The number of nitrogens with one attached hydrogen (secondary N) is 2. The Kier molecular flexibility index (Phi) is 5.47. The second-order valence-electron chi connectivity index (χ2n) is 7.26. The minimum absolute atomic E-state index is 0.0624. The van der Waals surface area contributed by atoms with Gasteiger partial charge in [-0.1, -0.05) is 41.9 Å². The molecule has 166 valence electrons. The van der Waals surface area contributed by atoms with Crippen molar-refractivity contribution in [2.24, 2.45) is 5.92 Å². The van der Waals surface area contributed by atoms with Crippen LogP contribution in [0.25, 0.3) is 11.3 Å². The van der Waals surface area contributed by atoms with Gasteiger partial charge in [-0.25, -0.2) is 4.79 Å². The van der Waals surface area contributed by atoms with E-state index < -0.39 is 35.7 Å². The number of hydrogen-bond donors (Lipinski definition) is 3. The van der Waals surface area contributed by atoms with Gasteiger partial charge in [0.2, 0.25) is 5.72 Å². The standard InChI is InChI=1S/C22H16ClF3N2O4/c23-14-8-6-12(7-9-14)15-10-11-16(32-15)18-17(19(29)13-4-2-1-3-5-13)21(31,22(24,25)26)28-20(30)27-18/h1-11,17-18,31H,(H2,27,28,30)/t17-,18-,21+/m1/s1. The van der Waals surface area contributed by atoms with Crippen molar-refractivity contribution in [1.29, 1.82) is 0 Å². The van der Waals surface area contributed by atoms with Crippen LogP contribution < -0.4 is 10.6 Å². The molecule has 0 spiro atoms. The summed E-state index contributed by atoms with van der Waals surface area (Å²) in [5, 5.41) is 14.8. The maximum atomic E-state index is 13.9. The van der Waals surface area contributed by atoms with Gasteiger partial charge in [-0.2, -0.15) is 13.2 Å². The fourth-order valence-electron chi connectivity index (χ4n) is 3.65. The van der Waals surface area contributed by atoms with Crippen LogP contribution in [-0.4, -0.2) is 28.8 Å². The number of Topliss-reactive ketones (excluding diaryl/α,β-unsaturated/α-hetero) is 1. The van der Waals surface area contributed by atoms with Gasteiger partial charge in [-0.15, -0.1) is 0 Å². The molecule has 0 radical (unpaired) electrons. The molecule has 3 atom stereocenters. The Morgan fingerprint density at radius 2 is 1.69 bits per heavy atom. The quantitative estimate of drug-likeness (QED) is 0.488. The summed E-state index contributed by atoms with van der Waals surface area (Å²) in [7, 11) is 0. The highest BCUT2D eigenvalue weighted by Gasteiger charge is 2.66. The fraction of sp³-hybridized carbons (Fsp3) is 0.182.